The second kappa shape index (κ2) is 4.47. The van der Waals surface area contributed by atoms with E-state index in [4.69, 9.17) is 9.47 Å². The normalized spacial score (nSPS) is 17.1. The third kappa shape index (κ3) is 2.06. The molecule has 1 aliphatic rings. The van der Waals surface area contributed by atoms with Crippen LogP contribution in [-0.4, -0.2) is 25.3 Å². The molecule has 0 unspecified atom stereocenters. The van der Waals surface area contributed by atoms with Crippen molar-refractivity contribution in [3.8, 4) is 0 Å². The largest absolute Gasteiger partial charge is 0.481 e. The van der Waals surface area contributed by atoms with Crippen molar-refractivity contribution in [1.29, 1.82) is 0 Å². The van der Waals surface area contributed by atoms with Gasteiger partial charge in [-0.05, 0) is 24.5 Å². The fourth-order valence-electron chi connectivity index (χ4n) is 2.10. The summed E-state index contributed by atoms with van der Waals surface area (Å²) < 4.78 is 10.3. The van der Waals surface area contributed by atoms with Gasteiger partial charge in [0.25, 0.3) is 0 Å². The third-order valence-electron chi connectivity index (χ3n) is 3.30. The van der Waals surface area contributed by atoms with Gasteiger partial charge in [0, 0.05) is 19.8 Å². The van der Waals surface area contributed by atoms with E-state index < -0.39 is 17.7 Å². The molecule has 1 aliphatic carbocycles. The van der Waals surface area contributed by atoms with E-state index in [1.165, 1.54) is 0 Å². The van der Waals surface area contributed by atoms with Gasteiger partial charge in [0.2, 0.25) is 0 Å². The Morgan fingerprint density at radius 3 is 2.47 bits per heavy atom. The summed E-state index contributed by atoms with van der Waals surface area (Å²) in [6, 6.07) is 7.43. The van der Waals surface area contributed by atoms with Crippen molar-refractivity contribution in [1.82, 2.24) is 0 Å². The molecule has 0 saturated heterocycles. The van der Waals surface area contributed by atoms with Crippen LogP contribution < -0.4 is 0 Å². The molecule has 0 amide bonds. The Balaban J connectivity index is 2.32. The first-order valence-corrected chi connectivity index (χ1v) is 5.53. The Kier molecular flexibility index (Phi) is 3.17. The second-order valence-electron chi connectivity index (χ2n) is 4.32. The Morgan fingerprint density at radius 1 is 1.35 bits per heavy atom. The van der Waals surface area contributed by atoms with Crippen LogP contribution >= 0.6 is 0 Å². The van der Waals surface area contributed by atoms with Gasteiger partial charge in [0.15, 0.2) is 6.29 Å². The lowest BCUT2D eigenvalue weighted by molar-refractivity contribution is -0.140. The zero-order valence-corrected chi connectivity index (χ0v) is 9.97. The van der Waals surface area contributed by atoms with Gasteiger partial charge >= 0.3 is 5.97 Å². The van der Waals surface area contributed by atoms with Crippen LogP contribution in [0.3, 0.4) is 0 Å². The van der Waals surface area contributed by atoms with Crippen LogP contribution in [-0.2, 0) is 19.7 Å². The first-order valence-electron chi connectivity index (χ1n) is 5.53. The average molecular weight is 236 g/mol. The predicted molar refractivity (Wildman–Crippen MR) is 61.7 cm³/mol. The maximum atomic E-state index is 11.2. The molecular weight excluding hydrogens is 220 g/mol. The summed E-state index contributed by atoms with van der Waals surface area (Å²) >= 11 is 0. The summed E-state index contributed by atoms with van der Waals surface area (Å²) in [5.41, 5.74) is 1.00. The highest BCUT2D eigenvalue weighted by atomic mass is 16.7. The molecule has 0 bridgehead atoms. The predicted octanol–water partition coefficient (Wildman–Crippen LogP) is 2.09. The molecule has 1 aromatic rings. The van der Waals surface area contributed by atoms with Gasteiger partial charge in [-0.2, -0.15) is 0 Å². The highest BCUT2D eigenvalue weighted by molar-refractivity contribution is 5.84. The van der Waals surface area contributed by atoms with Crippen molar-refractivity contribution in [2.24, 2.45) is 0 Å². The number of carboxylic acid groups (broad SMARTS) is 1. The van der Waals surface area contributed by atoms with Crippen molar-refractivity contribution in [3.63, 3.8) is 0 Å². The lowest BCUT2D eigenvalue weighted by atomic mass is 9.94. The fourth-order valence-corrected chi connectivity index (χ4v) is 2.10. The molecule has 2 rings (SSSR count). The van der Waals surface area contributed by atoms with Crippen LogP contribution in [0.4, 0.5) is 0 Å². The van der Waals surface area contributed by atoms with Gasteiger partial charge in [-0.25, -0.2) is 0 Å². The maximum Gasteiger partial charge on any atom is 0.314 e. The lowest BCUT2D eigenvalue weighted by Crippen LogP contribution is -2.19. The van der Waals surface area contributed by atoms with Gasteiger partial charge in [-0.3, -0.25) is 4.79 Å². The minimum absolute atomic E-state index is 0.445. The van der Waals surface area contributed by atoms with Crippen LogP contribution in [0.2, 0.25) is 0 Å². The summed E-state index contributed by atoms with van der Waals surface area (Å²) in [5, 5.41) is 9.24. The smallest absolute Gasteiger partial charge is 0.314 e. The summed E-state index contributed by atoms with van der Waals surface area (Å²) in [7, 11) is 3.12. The molecule has 17 heavy (non-hydrogen) atoms. The van der Waals surface area contributed by atoms with E-state index >= 15 is 0 Å². The van der Waals surface area contributed by atoms with Gasteiger partial charge < -0.3 is 14.6 Å². The molecule has 1 fully saturated rings. The molecule has 4 nitrogen and oxygen atoms in total. The average Bonchev–Trinajstić information content (AvgIpc) is 3.12. The van der Waals surface area contributed by atoms with E-state index in [0.29, 0.717) is 12.8 Å². The minimum atomic E-state index is -0.749. The number of carbonyl (C=O) groups is 1. The van der Waals surface area contributed by atoms with Gasteiger partial charge in [0.05, 0.1) is 5.41 Å². The summed E-state index contributed by atoms with van der Waals surface area (Å²) in [6.45, 7) is 0. The minimum Gasteiger partial charge on any atom is -0.481 e. The molecule has 4 heteroatoms. The Hall–Kier alpha value is -1.39. The monoisotopic (exact) mass is 236 g/mol. The second-order valence-corrected chi connectivity index (χ2v) is 4.32. The van der Waals surface area contributed by atoms with Gasteiger partial charge in [-0.1, -0.05) is 18.2 Å². The fraction of sp³-hybridized carbons (Fsp3) is 0.462. The number of hydrogen-bond donors (Lipinski definition) is 1. The number of ether oxygens (including phenoxy) is 2. The lowest BCUT2D eigenvalue weighted by Gasteiger charge is -2.16. The zero-order valence-electron chi connectivity index (χ0n) is 9.97. The van der Waals surface area contributed by atoms with Crippen molar-refractivity contribution < 1.29 is 19.4 Å². The first-order chi connectivity index (χ1) is 8.14. The van der Waals surface area contributed by atoms with Crippen LogP contribution in [0, 0.1) is 0 Å². The van der Waals surface area contributed by atoms with E-state index in [2.05, 4.69) is 0 Å². The van der Waals surface area contributed by atoms with Crippen LogP contribution in [0.25, 0.3) is 0 Å². The number of carboxylic acids is 1. The highest BCUT2D eigenvalue weighted by Crippen LogP contribution is 2.48. The molecule has 1 N–H and O–H groups in total. The molecule has 92 valence electrons. The molecule has 0 aliphatic heterocycles. The molecule has 1 saturated carbocycles. The van der Waals surface area contributed by atoms with Crippen molar-refractivity contribution in [2.75, 3.05) is 14.2 Å². The van der Waals surface area contributed by atoms with Crippen molar-refractivity contribution in [2.45, 2.75) is 24.5 Å². The SMILES string of the molecule is COC(OC)c1cccc(C2(C(=O)O)CC2)c1. The van der Waals surface area contributed by atoms with E-state index in [1.54, 1.807) is 14.2 Å². The number of methoxy groups -OCH3 is 2. The molecule has 0 heterocycles. The summed E-state index contributed by atoms with van der Waals surface area (Å²) in [6.07, 6.45) is 0.965. The standard InChI is InChI=1S/C13H16O4/c1-16-11(17-2)9-4-3-5-10(8-9)13(6-7-13)12(14)15/h3-5,8,11H,6-7H2,1-2H3,(H,14,15). The number of rotatable bonds is 5. The summed E-state index contributed by atoms with van der Waals surface area (Å²) in [4.78, 5) is 11.2. The topological polar surface area (TPSA) is 55.8 Å². The molecule has 0 atom stereocenters. The molecular formula is C13H16O4. The number of benzene rings is 1. The number of aliphatic carboxylic acids is 1. The quantitative estimate of drug-likeness (QED) is 0.795. The van der Waals surface area contributed by atoms with Crippen LogP contribution in [0.15, 0.2) is 24.3 Å². The van der Waals surface area contributed by atoms with Crippen molar-refractivity contribution >= 4 is 5.97 Å². The van der Waals surface area contributed by atoms with Crippen LogP contribution in [0.1, 0.15) is 30.3 Å². The Labute approximate surface area is 100 Å². The zero-order chi connectivity index (χ0) is 12.5. The first kappa shape index (κ1) is 12.1. The van der Waals surface area contributed by atoms with E-state index in [9.17, 15) is 9.90 Å². The maximum absolute atomic E-state index is 11.2. The molecule has 1 aromatic carbocycles. The Morgan fingerprint density at radius 2 is 2.00 bits per heavy atom. The Bertz CT molecular complexity index is 419. The van der Waals surface area contributed by atoms with E-state index in [1.807, 2.05) is 24.3 Å². The number of hydrogen-bond acceptors (Lipinski definition) is 3. The molecule has 0 aromatic heterocycles. The van der Waals surface area contributed by atoms with Gasteiger partial charge in [-0.15, -0.1) is 0 Å². The third-order valence-corrected chi connectivity index (χ3v) is 3.30. The highest BCUT2D eigenvalue weighted by Gasteiger charge is 2.51. The molecule has 0 spiro atoms. The summed E-state index contributed by atoms with van der Waals surface area (Å²) in [5.74, 6) is -0.749. The molecule has 0 radical (unpaired) electrons. The van der Waals surface area contributed by atoms with E-state index in [-0.39, 0.29) is 0 Å². The van der Waals surface area contributed by atoms with Gasteiger partial charge in [0.1, 0.15) is 0 Å². The van der Waals surface area contributed by atoms with E-state index in [0.717, 1.165) is 11.1 Å². The van der Waals surface area contributed by atoms with Crippen molar-refractivity contribution in [3.05, 3.63) is 35.4 Å². The van der Waals surface area contributed by atoms with Crippen LogP contribution in [0.5, 0.6) is 0 Å².